The number of benzene rings is 1. The van der Waals surface area contributed by atoms with Gasteiger partial charge < -0.3 is 10.1 Å². The molecule has 1 aromatic heterocycles. The van der Waals surface area contributed by atoms with Crippen LogP contribution in [0.25, 0.3) is 0 Å². The summed E-state index contributed by atoms with van der Waals surface area (Å²) in [6.45, 7) is 3.37. The Labute approximate surface area is 138 Å². The molecule has 116 valence electrons. The fourth-order valence-electron chi connectivity index (χ4n) is 1.76. The summed E-state index contributed by atoms with van der Waals surface area (Å²) in [6.07, 6.45) is 0.702. The van der Waals surface area contributed by atoms with Gasteiger partial charge in [0.2, 0.25) is 5.13 Å². The molecule has 0 aliphatic heterocycles. The number of aryl methyl sites for hydroxylation is 1. The topological polar surface area (TPSA) is 70.8 Å². The molecule has 1 heterocycles. The van der Waals surface area contributed by atoms with Crippen molar-refractivity contribution >= 4 is 28.2 Å². The van der Waals surface area contributed by atoms with Crippen molar-refractivity contribution in [1.82, 2.24) is 10.2 Å². The number of anilines is 1. The SMILES string of the molecule is COCCNc1nnc(SC(C#N)Cc2ccc(C)cc2)s1. The smallest absolute Gasteiger partial charge is 0.206 e. The van der Waals surface area contributed by atoms with Crippen LogP contribution >= 0.6 is 23.1 Å². The normalized spacial score (nSPS) is 11.9. The van der Waals surface area contributed by atoms with Crippen LogP contribution in [0, 0.1) is 18.3 Å². The summed E-state index contributed by atoms with van der Waals surface area (Å²) in [5.74, 6) is 0. The highest BCUT2D eigenvalue weighted by Gasteiger charge is 2.14. The van der Waals surface area contributed by atoms with Crippen molar-refractivity contribution in [2.45, 2.75) is 22.9 Å². The largest absolute Gasteiger partial charge is 0.383 e. The van der Waals surface area contributed by atoms with E-state index in [4.69, 9.17) is 4.74 Å². The van der Waals surface area contributed by atoms with E-state index in [1.807, 2.05) is 0 Å². The first-order chi connectivity index (χ1) is 10.7. The molecule has 1 N–H and O–H groups in total. The van der Waals surface area contributed by atoms with E-state index in [9.17, 15) is 5.26 Å². The van der Waals surface area contributed by atoms with E-state index >= 15 is 0 Å². The van der Waals surface area contributed by atoms with Gasteiger partial charge in [0.25, 0.3) is 0 Å². The van der Waals surface area contributed by atoms with Crippen molar-refractivity contribution in [3.05, 3.63) is 35.4 Å². The zero-order valence-electron chi connectivity index (χ0n) is 12.6. The van der Waals surface area contributed by atoms with Crippen molar-refractivity contribution in [3.63, 3.8) is 0 Å². The number of nitrogens with zero attached hydrogens (tertiary/aromatic N) is 3. The number of rotatable bonds is 8. The second kappa shape index (κ2) is 8.73. The molecule has 1 aromatic carbocycles. The van der Waals surface area contributed by atoms with Crippen LogP contribution in [0.2, 0.25) is 0 Å². The number of nitriles is 1. The van der Waals surface area contributed by atoms with Gasteiger partial charge in [0.05, 0.1) is 12.7 Å². The lowest BCUT2D eigenvalue weighted by Gasteiger charge is -2.06. The van der Waals surface area contributed by atoms with Gasteiger partial charge in [-0.15, -0.1) is 10.2 Å². The van der Waals surface area contributed by atoms with Gasteiger partial charge in [-0.1, -0.05) is 52.9 Å². The van der Waals surface area contributed by atoms with E-state index in [0.717, 1.165) is 15.0 Å². The van der Waals surface area contributed by atoms with E-state index in [1.54, 1.807) is 7.11 Å². The van der Waals surface area contributed by atoms with E-state index in [0.29, 0.717) is 19.6 Å². The average molecular weight is 334 g/mol. The van der Waals surface area contributed by atoms with Crippen LogP contribution in [-0.4, -0.2) is 35.7 Å². The third-order valence-electron chi connectivity index (χ3n) is 2.92. The van der Waals surface area contributed by atoms with E-state index < -0.39 is 0 Å². The summed E-state index contributed by atoms with van der Waals surface area (Å²) < 4.78 is 5.78. The summed E-state index contributed by atoms with van der Waals surface area (Å²) in [6, 6.07) is 10.6. The molecule has 5 nitrogen and oxygen atoms in total. The Morgan fingerprint density at radius 2 is 2.14 bits per heavy atom. The van der Waals surface area contributed by atoms with Crippen LogP contribution in [0.5, 0.6) is 0 Å². The van der Waals surface area contributed by atoms with Crippen LogP contribution in [0.4, 0.5) is 5.13 Å². The highest BCUT2D eigenvalue weighted by atomic mass is 32.2. The Balaban J connectivity index is 1.90. The van der Waals surface area contributed by atoms with E-state index in [2.05, 4.69) is 52.8 Å². The Hall–Kier alpha value is -1.62. The summed E-state index contributed by atoms with van der Waals surface area (Å²) in [7, 11) is 1.66. The molecule has 0 fully saturated rings. The first-order valence-electron chi connectivity index (χ1n) is 6.89. The predicted octanol–water partition coefficient (Wildman–Crippen LogP) is 3.13. The monoisotopic (exact) mass is 334 g/mol. The second-order valence-electron chi connectivity index (χ2n) is 4.72. The predicted molar refractivity (Wildman–Crippen MR) is 90.4 cm³/mol. The van der Waals surface area contributed by atoms with Gasteiger partial charge >= 0.3 is 0 Å². The number of methoxy groups -OCH3 is 1. The molecular formula is C15H18N4OS2. The summed E-state index contributed by atoms with van der Waals surface area (Å²) in [5.41, 5.74) is 2.38. The molecule has 0 aliphatic carbocycles. The summed E-state index contributed by atoms with van der Waals surface area (Å²) in [4.78, 5) is 0. The average Bonchev–Trinajstić information content (AvgIpc) is 2.96. The van der Waals surface area contributed by atoms with Crippen LogP contribution in [0.1, 0.15) is 11.1 Å². The molecule has 1 unspecified atom stereocenters. The fraction of sp³-hybridized carbons (Fsp3) is 0.400. The molecule has 1 atom stereocenters. The maximum absolute atomic E-state index is 9.34. The third kappa shape index (κ3) is 5.30. The lowest BCUT2D eigenvalue weighted by Crippen LogP contribution is -2.06. The Bertz CT molecular complexity index is 621. The second-order valence-corrected chi connectivity index (χ2v) is 7.15. The zero-order chi connectivity index (χ0) is 15.8. The molecule has 2 aromatic rings. The van der Waals surface area contributed by atoms with Crippen LogP contribution in [-0.2, 0) is 11.2 Å². The number of hydrogen-bond acceptors (Lipinski definition) is 7. The van der Waals surface area contributed by atoms with Crippen LogP contribution in [0.15, 0.2) is 28.6 Å². The van der Waals surface area contributed by atoms with Crippen LogP contribution < -0.4 is 5.32 Å². The molecule has 22 heavy (non-hydrogen) atoms. The number of thioether (sulfide) groups is 1. The Morgan fingerprint density at radius 3 is 2.82 bits per heavy atom. The molecule has 0 saturated carbocycles. The fourth-order valence-corrected chi connectivity index (χ4v) is 3.70. The molecule has 0 spiro atoms. The molecule has 0 radical (unpaired) electrons. The van der Waals surface area contributed by atoms with Crippen molar-refractivity contribution in [3.8, 4) is 6.07 Å². The van der Waals surface area contributed by atoms with Gasteiger partial charge in [-0.25, -0.2) is 0 Å². The van der Waals surface area contributed by atoms with Gasteiger partial charge in [-0.3, -0.25) is 0 Å². The minimum absolute atomic E-state index is 0.164. The van der Waals surface area contributed by atoms with Gasteiger partial charge in [0, 0.05) is 13.7 Å². The zero-order valence-corrected chi connectivity index (χ0v) is 14.2. The third-order valence-corrected chi connectivity index (χ3v) is 4.97. The molecule has 0 saturated heterocycles. The molecule has 7 heteroatoms. The van der Waals surface area contributed by atoms with Crippen molar-refractivity contribution in [2.75, 3.05) is 25.6 Å². The molecular weight excluding hydrogens is 316 g/mol. The molecule has 0 amide bonds. The van der Waals surface area contributed by atoms with Crippen molar-refractivity contribution in [1.29, 1.82) is 5.26 Å². The first kappa shape index (κ1) is 16.7. The summed E-state index contributed by atoms with van der Waals surface area (Å²) in [5, 5.41) is 21.2. The van der Waals surface area contributed by atoms with Gasteiger partial charge in [-0.2, -0.15) is 5.26 Å². The molecule has 0 aliphatic rings. The number of hydrogen-bond donors (Lipinski definition) is 1. The summed E-state index contributed by atoms with van der Waals surface area (Å²) >= 11 is 2.92. The maximum atomic E-state index is 9.34. The molecule has 2 rings (SSSR count). The highest BCUT2D eigenvalue weighted by molar-refractivity contribution is 8.01. The maximum Gasteiger partial charge on any atom is 0.206 e. The van der Waals surface area contributed by atoms with Gasteiger partial charge in [-0.05, 0) is 18.9 Å². The number of aromatic nitrogens is 2. The lowest BCUT2D eigenvalue weighted by molar-refractivity contribution is 0.211. The lowest BCUT2D eigenvalue weighted by atomic mass is 10.1. The van der Waals surface area contributed by atoms with Crippen molar-refractivity contribution < 1.29 is 4.74 Å². The first-order valence-corrected chi connectivity index (χ1v) is 8.59. The standard InChI is InChI=1S/C15H18N4OS2/c1-11-3-5-12(6-4-11)9-13(10-16)21-15-19-18-14(22-15)17-7-8-20-2/h3-6,13H,7-9H2,1-2H3,(H,17,18). The Kier molecular flexibility index (Phi) is 6.65. The van der Waals surface area contributed by atoms with E-state index in [1.165, 1.54) is 28.7 Å². The van der Waals surface area contributed by atoms with E-state index in [-0.39, 0.29) is 5.25 Å². The van der Waals surface area contributed by atoms with Crippen molar-refractivity contribution in [2.24, 2.45) is 0 Å². The number of nitrogens with one attached hydrogen (secondary N) is 1. The Morgan fingerprint density at radius 1 is 1.36 bits per heavy atom. The quantitative estimate of drug-likeness (QED) is 0.591. The van der Waals surface area contributed by atoms with Gasteiger partial charge in [0.1, 0.15) is 5.25 Å². The molecule has 0 bridgehead atoms. The highest BCUT2D eigenvalue weighted by Crippen LogP contribution is 2.30. The number of ether oxygens (including phenoxy) is 1. The van der Waals surface area contributed by atoms with Gasteiger partial charge in [0.15, 0.2) is 4.34 Å². The van der Waals surface area contributed by atoms with Crippen LogP contribution in [0.3, 0.4) is 0 Å². The minimum atomic E-state index is -0.164. The minimum Gasteiger partial charge on any atom is -0.383 e.